The smallest absolute Gasteiger partial charge is 0.344 e. The summed E-state index contributed by atoms with van der Waals surface area (Å²) in [5.41, 5.74) is 1.18. The number of fused-ring (bicyclic) bond motifs is 1. The molecule has 24 heavy (non-hydrogen) atoms. The lowest BCUT2D eigenvalue weighted by Crippen LogP contribution is -2.04. The maximum Gasteiger partial charge on any atom is 0.344 e. The summed E-state index contributed by atoms with van der Waals surface area (Å²) in [7, 11) is 3.12. The Kier molecular flexibility index (Phi) is 4.42. The quantitative estimate of drug-likeness (QED) is 0.666. The number of rotatable bonds is 5. The third-order valence-electron chi connectivity index (χ3n) is 3.72. The van der Waals surface area contributed by atoms with Crippen LogP contribution in [0.5, 0.6) is 17.2 Å². The van der Waals surface area contributed by atoms with E-state index >= 15 is 0 Å². The Morgan fingerprint density at radius 1 is 0.958 bits per heavy atom. The van der Waals surface area contributed by atoms with Gasteiger partial charge in [0, 0.05) is 5.39 Å². The van der Waals surface area contributed by atoms with Gasteiger partial charge in [0.25, 0.3) is 0 Å². The molecule has 0 aliphatic carbocycles. The summed E-state index contributed by atoms with van der Waals surface area (Å²) < 4.78 is 21.6. The fraction of sp³-hybridized carbons (Fsp3) is 0.211. The molecule has 3 aromatic rings. The van der Waals surface area contributed by atoms with Crippen molar-refractivity contribution in [1.82, 2.24) is 0 Å². The van der Waals surface area contributed by atoms with Gasteiger partial charge in [0.2, 0.25) is 0 Å². The highest BCUT2D eigenvalue weighted by molar-refractivity contribution is 5.86. The van der Waals surface area contributed by atoms with Crippen LogP contribution in [0, 0.1) is 0 Å². The lowest BCUT2D eigenvalue weighted by molar-refractivity contribution is 0.337. The molecule has 0 saturated heterocycles. The third kappa shape index (κ3) is 2.80. The zero-order valence-electron chi connectivity index (χ0n) is 13.8. The second-order valence-electron chi connectivity index (χ2n) is 5.12. The maximum absolute atomic E-state index is 12.4. The molecule has 0 aliphatic heterocycles. The van der Waals surface area contributed by atoms with Gasteiger partial charge in [0.1, 0.15) is 0 Å². The Balaban J connectivity index is 2.17. The van der Waals surface area contributed by atoms with Crippen molar-refractivity contribution in [3.05, 3.63) is 52.9 Å². The van der Waals surface area contributed by atoms with Crippen molar-refractivity contribution >= 4 is 11.0 Å². The lowest BCUT2D eigenvalue weighted by Gasteiger charge is -2.10. The highest BCUT2D eigenvalue weighted by atomic mass is 16.5. The molecular weight excluding hydrogens is 308 g/mol. The Morgan fingerprint density at radius 3 is 2.46 bits per heavy atom. The molecule has 0 atom stereocenters. The minimum Gasteiger partial charge on any atom is -0.493 e. The van der Waals surface area contributed by atoms with Crippen LogP contribution in [0.15, 0.2) is 51.7 Å². The number of benzene rings is 2. The predicted molar refractivity (Wildman–Crippen MR) is 92.2 cm³/mol. The second-order valence-corrected chi connectivity index (χ2v) is 5.12. The molecule has 0 aliphatic rings. The van der Waals surface area contributed by atoms with Crippen LogP contribution in [0.3, 0.4) is 0 Å². The normalized spacial score (nSPS) is 10.6. The van der Waals surface area contributed by atoms with E-state index in [2.05, 4.69) is 0 Å². The van der Waals surface area contributed by atoms with Crippen LogP contribution in [0.4, 0.5) is 0 Å². The van der Waals surface area contributed by atoms with Crippen LogP contribution in [0.25, 0.3) is 22.1 Å². The van der Waals surface area contributed by atoms with Crippen molar-refractivity contribution in [1.29, 1.82) is 0 Å². The summed E-state index contributed by atoms with van der Waals surface area (Å²) in [5.74, 6) is 1.72. The summed E-state index contributed by atoms with van der Waals surface area (Å²) >= 11 is 0. The molecule has 5 heteroatoms. The van der Waals surface area contributed by atoms with E-state index in [1.54, 1.807) is 44.6 Å². The molecule has 5 nitrogen and oxygen atoms in total. The standard InChI is InChI=1S/C19H18O5/c1-4-23-16-7-5-6-13-10-14(19(20)24-18(13)16)12-8-9-15(21-2)17(11-12)22-3/h5-11H,4H2,1-3H3. The SMILES string of the molecule is CCOc1cccc2cc(-c3ccc(OC)c(OC)c3)c(=O)oc12. The van der Waals surface area contributed by atoms with E-state index in [1.807, 2.05) is 19.1 Å². The molecule has 0 fully saturated rings. The van der Waals surface area contributed by atoms with Crippen LogP contribution in [0.2, 0.25) is 0 Å². The van der Waals surface area contributed by atoms with E-state index in [0.29, 0.717) is 40.6 Å². The van der Waals surface area contributed by atoms with Crippen LogP contribution < -0.4 is 19.8 Å². The Hall–Kier alpha value is -2.95. The fourth-order valence-electron chi connectivity index (χ4n) is 2.59. The van der Waals surface area contributed by atoms with E-state index in [4.69, 9.17) is 18.6 Å². The monoisotopic (exact) mass is 326 g/mol. The van der Waals surface area contributed by atoms with Gasteiger partial charge in [-0.05, 0) is 36.8 Å². The van der Waals surface area contributed by atoms with Gasteiger partial charge in [-0.3, -0.25) is 0 Å². The van der Waals surface area contributed by atoms with Crippen molar-refractivity contribution in [2.45, 2.75) is 6.92 Å². The first-order chi connectivity index (χ1) is 11.7. The van der Waals surface area contributed by atoms with Gasteiger partial charge in [-0.2, -0.15) is 0 Å². The van der Waals surface area contributed by atoms with Gasteiger partial charge < -0.3 is 18.6 Å². The average Bonchev–Trinajstić information content (AvgIpc) is 2.61. The molecule has 1 aromatic heterocycles. The van der Waals surface area contributed by atoms with E-state index in [9.17, 15) is 4.79 Å². The Morgan fingerprint density at radius 2 is 1.75 bits per heavy atom. The Bertz CT molecular complexity index is 927. The molecule has 0 saturated carbocycles. The fourth-order valence-corrected chi connectivity index (χ4v) is 2.59. The van der Waals surface area contributed by atoms with E-state index < -0.39 is 5.63 Å². The lowest BCUT2D eigenvalue weighted by atomic mass is 10.1. The second kappa shape index (κ2) is 6.66. The van der Waals surface area contributed by atoms with Crippen LogP contribution in [-0.2, 0) is 0 Å². The number of hydrogen-bond donors (Lipinski definition) is 0. The zero-order valence-corrected chi connectivity index (χ0v) is 13.8. The number of hydrogen-bond acceptors (Lipinski definition) is 5. The highest BCUT2D eigenvalue weighted by Crippen LogP contribution is 2.33. The van der Waals surface area contributed by atoms with Gasteiger partial charge >= 0.3 is 5.63 Å². The van der Waals surface area contributed by atoms with Crippen molar-refractivity contribution in [3.8, 4) is 28.4 Å². The summed E-state index contributed by atoms with van der Waals surface area (Å²) in [6.07, 6.45) is 0. The van der Waals surface area contributed by atoms with E-state index in [1.165, 1.54) is 0 Å². The first-order valence-corrected chi connectivity index (χ1v) is 7.60. The van der Waals surface area contributed by atoms with Crippen molar-refractivity contribution < 1.29 is 18.6 Å². The molecule has 0 amide bonds. The van der Waals surface area contributed by atoms with Crippen LogP contribution in [0.1, 0.15) is 6.92 Å². The molecule has 0 spiro atoms. The molecule has 1 heterocycles. The molecule has 0 unspecified atom stereocenters. The van der Waals surface area contributed by atoms with E-state index in [-0.39, 0.29) is 0 Å². The van der Waals surface area contributed by atoms with Gasteiger partial charge in [-0.15, -0.1) is 0 Å². The molecule has 3 rings (SSSR count). The average molecular weight is 326 g/mol. The summed E-state index contributed by atoms with van der Waals surface area (Å²) in [5, 5.41) is 0.797. The number of ether oxygens (including phenoxy) is 3. The van der Waals surface area contributed by atoms with Crippen LogP contribution in [-0.4, -0.2) is 20.8 Å². The molecule has 0 bridgehead atoms. The topological polar surface area (TPSA) is 57.9 Å². The molecule has 0 N–H and O–H groups in total. The van der Waals surface area contributed by atoms with Crippen molar-refractivity contribution in [2.24, 2.45) is 0 Å². The van der Waals surface area contributed by atoms with Crippen LogP contribution >= 0.6 is 0 Å². The first-order valence-electron chi connectivity index (χ1n) is 7.60. The summed E-state index contributed by atoms with van der Waals surface area (Å²) in [6.45, 7) is 2.38. The Labute approximate surface area is 139 Å². The minimum absolute atomic E-state index is 0.429. The summed E-state index contributed by atoms with van der Waals surface area (Å²) in [6, 6.07) is 12.6. The number of para-hydroxylation sites is 1. The first kappa shape index (κ1) is 15.9. The third-order valence-corrected chi connectivity index (χ3v) is 3.72. The maximum atomic E-state index is 12.4. The van der Waals surface area contributed by atoms with Gasteiger partial charge in [0.05, 0.1) is 26.4 Å². The highest BCUT2D eigenvalue weighted by Gasteiger charge is 2.13. The molecule has 0 radical (unpaired) electrons. The van der Waals surface area contributed by atoms with Crippen molar-refractivity contribution in [3.63, 3.8) is 0 Å². The number of methoxy groups -OCH3 is 2. The molecule has 124 valence electrons. The summed E-state index contributed by atoms with van der Waals surface area (Å²) in [4.78, 5) is 12.4. The van der Waals surface area contributed by atoms with Gasteiger partial charge in [0.15, 0.2) is 22.8 Å². The molecule has 2 aromatic carbocycles. The van der Waals surface area contributed by atoms with Crippen molar-refractivity contribution in [2.75, 3.05) is 20.8 Å². The minimum atomic E-state index is -0.429. The largest absolute Gasteiger partial charge is 0.493 e. The van der Waals surface area contributed by atoms with E-state index in [0.717, 1.165) is 5.39 Å². The molecular formula is C19H18O5. The zero-order chi connectivity index (χ0) is 17.1. The van der Waals surface area contributed by atoms with Gasteiger partial charge in [-0.1, -0.05) is 18.2 Å². The van der Waals surface area contributed by atoms with Gasteiger partial charge in [-0.25, -0.2) is 4.79 Å². The predicted octanol–water partition coefficient (Wildman–Crippen LogP) is 3.88.